The van der Waals surface area contributed by atoms with Crippen LogP contribution in [0.4, 0.5) is 0 Å². The molecule has 0 radical (unpaired) electrons. The zero-order chi connectivity index (χ0) is 17.8. The second kappa shape index (κ2) is 5.35. The molecule has 0 N–H and O–H groups in total. The Hall–Kier alpha value is -2.81. The van der Waals surface area contributed by atoms with Crippen LogP contribution in [0.15, 0.2) is 59.7 Å². The molecule has 2 heterocycles. The van der Waals surface area contributed by atoms with Gasteiger partial charge in [0.25, 0.3) is 0 Å². The third kappa shape index (κ3) is 2.02. The van der Waals surface area contributed by atoms with Gasteiger partial charge in [-0.1, -0.05) is 36.4 Å². The van der Waals surface area contributed by atoms with E-state index in [1.807, 2.05) is 76.2 Å². The summed E-state index contributed by atoms with van der Waals surface area (Å²) in [6.45, 7) is 7.86. The third-order valence-corrected chi connectivity index (χ3v) is 4.97. The van der Waals surface area contributed by atoms with Crippen molar-refractivity contribution in [3.8, 4) is 11.5 Å². The highest BCUT2D eigenvalue weighted by atomic mass is 16.6. The van der Waals surface area contributed by atoms with Crippen LogP contribution in [0.1, 0.15) is 36.1 Å². The van der Waals surface area contributed by atoms with Crippen LogP contribution < -0.4 is 4.74 Å². The maximum atomic E-state index is 12.6. The van der Waals surface area contributed by atoms with Crippen LogP contribution in [0.25, 0.3) is 0 Å². The van der Waals surface area contributed by atoms with Crippen molar-refractivity contribution in [1.29, 1.82) is 0 Å². The average molecular weight is 332 g/mol. The summed E-state index contributed by atoms with van der Waals surface area (Å²) >= 11 is 0. The lowest BCUT2D eigenvalue weighted by Crippen LogP contribution is -2.32. The van der Waals surface area contributed by atoms with Crippen LogP contribution >= 0.6 is 0 Å². The summed E-state index contributed by atoms with van der Waals surface area (Å²) in [5.74, 6) is 1.18. The highest BCUT2D eigenvalue weighted by molar-refractivity contribution is 5.99. The van der Waals surface area contributed by atoms with Crippen molar-refractivity contribution in [2.75, 3.05) is 0 Å². The molecule has 2 aliphatic rings. The zero-order valence-corrected chi connectivity index (χ0v) is 14.8. The predicted octanol–water partition coefficient (Wildman–Crippen LogP) is 5.10. The van der Waals surface area contributed by atoms with Crippen molar-refractivity contribution in [3.63, 3.8) is 0 Å². The fraction of sp³-hybridized carbons (Fsp3) is 0.227. The lowest BCUT2D eigenvalue weighted by atomic mass is 9.76. The Bertz CT molecular complexity index is 912. The first-order chi connectivity index (χ1) is 12.0. The summed E-state index contributed by atoms with van der Waals surface area (Å²) in [4.78, 5) is 12.6. The summed E-state index contributed by atoms with van der Waals surface area (Å²) in [5, 5.41) is 0. The molecule has 0 saturated carbocycles. The SMILES string of the molecule is C/C=C1/C(=O)OC2(/C1=C/C)c1ccc(C)cc1Oc1cc(C)ccc12. The van der Waals surface area contributed by atoms with Gasteiger partial charge in [-0.25, -0.2) is 4.79 Å². The highest BCUT2D eigenvalue weighted by Crippen LogP contribution is 2.57. The van der Waals surface area contributed by atoms with Crippen molar-refractivity contribution in [1.82, 2.24) is 0 Å². The largest absolute Gasteiger partial charge is 0.456 e. The van der Waals surface area contributed by atoms with Gasteiger partial charge >= 0.3 is 5.97 Å². The fourth-order valence-electron chi connectivity index (χ4n) is 3.85. The molecule has 0 amide bonds. The van der Waals surface area contributed by atoms with Crippen molar-refractivity contribution < 1.29 is 14.3 Å². The Morgan fingerprint density at radius 2 is 1.44 bits per heavy atom. The van der Waals surface area contributed by atoms with Crippen LogP contribution in [0.2, 0.25) is 0 Å². The van der Waals surface area contributed by atoms with E-state index >= 15 is 0 Å². The number of allylic oxidation sites excluding steroid dienone is 2. The first kappa shape index (κ1) is 15.7. The Balaban J connectivity index is 2.11. The van der Waals surface area contributed by atoms with Crippen LogP contribution in [-0.2, 0) is 15.1 Å². The minimum Gasteiger partial charge on any atom is -0.456 e. The molecule has 2 aliphatic heterocycles. The highest BCUT2D eigenvalue weighted by Gasteiger charge is 2.55. The van der Waals surface area contributed by atoms with E-state index in [0.717, 1.165) is 39.3 Å². The van der Waals surface area contributed by atoms with Gasteiger partial charge in [0.2, 0.25) is 0 Å². The maximum Gasteiger partial charge on any atom is 0.339 e. The first-order valence-corrected chi connectivity index (χ1v) is 8.48. The van der Waals surface area contributed by atoms with Crippen molar-refractivity contribution in [2.24, 2.45) is 0 Å². The first-order valence-electron chi connectivity index (χ1n) is 8.48. The number of ether oxygens (including phenoxy) is 2. The van der Waals surface area contributed by atoms with E-state index in [1.54, 1.807) is 0 Å². The molecule has 2 aromatic rings. The monoisotopic (exact) mass is 332 g/mol. The molecule has 25 heavy (non-hydrogen) atoms. The molecule has 3 nitrogen and oxygen atoms in total. The van der Waals surface area contributed by atoms with E-state index in [4.69, 9.17) is 9.47 Å². The Kier molecular flexibility index (Phi) is 3.36. The Morgan fingerprint density at radius 1 is 0.880 bits per heavy atom. The summed E-state index contributed by atoms with van der Waals surface area (Å²) < 4.78 is 12.3. The predicted molar refractivity (Wildman–Crippen MR) is 96.8 cm³/mol. The molecule has 0 unspecified atom stereocenters. The van der Waals surface area contributed by atoms with Crippen molar-refractivity contribution in [2.45, 2.75) is 33.3 Å². The van der Waals surface area contributed by atoms with Crippen molar-refractivity contribution >= 4 is 5.97 Å². The van der Waals surface area contributed by atoms with Crippen LogP contribution in [0, 0.1) is 13.8 Å². The van der Waals surface area contributed by atoms with Gasteiger partial charge in [-0.2, -0.15) is 0 Å². The van der Waals surface area contributed by atoms with Gasteiger partial charge in [-0.3, -0.25) is 0 Å². The van der Waals surface area contributed by atoms with Gasteiger partial charge in [-0.15, -0.1) is 0 Å². The number of aryl methyl sites for hydroxylation is 2. The van der Waals surface area contributed by atoms with Gasteiger partial charge in [0.1, 0.15) is 11.5 Å². The molecule has 0 aliphatic carbocycles. The number of hydrogen-bond donors (Lipinski definition) is 0. The summed E-state index contributed by atoms with van der Waals surface area (Å²) in [7, 11) is 0. The number of rotatable bonds is 0. The normalized spacial score (nSPS) is 20.4. The Morgan fingerprint density at radius 3 is 1.92 bits per heavy atom. The number of carbonyl (C=O) groups excluding carboxylic acids is 1. The van der Waals surface area contributed by atoms with E-state index in [2.05, 4.69) is 0 Å². The van der Waals surface area contributed by atoms with Crippen LogP contribution in [-0.4, -0.2) is 5.97 Å². The molecule has 1 spiro atoms. The molecule has 0 aromatic heterocycles. The quantitative estimate of drug-likeness (QED) is 0.497. The Labute approximate surface area is 147 Å². The number of esters is 1. The molecular weight excluding hydrogens is 312 g/mol. The van der Waals surface area contributed by atoms with Gasteiger partial charge in [0.05, 0.1) is 5.57 Å². The smallest absolute Gasteiger partial charge is 0.339 e. The van der Waals surface area contributed by atoms with Crippen LogP contribution in [0.3, 0.4) is 0 Å². The zero-order valence-electron chi connectivity index (χ0n) is 14.8. The van der Waals surface area contributed by atoms with Gasteiger partial charge < -0.3 is 9.47 Å². The van der Waals surface area contributed by atoms with Gasteiger partial charge in [0, 0.05) is 16.7 Å². The number of fused-ring (bicyclic) bond motifs is 4. The molecule has 1 fully saturated rings. The molecule has 4 rings (SSSR count). The second-order valence-corrected chi connectivity index (χ2v) is 6.58. The topological polar surface area (TPSA) is 35.5 Å². The molecular formula is C22H20O3. The summed E-state index contributed by atoms with van der Waals surface area (Å²) in [5.41, 5.74) is 4.48. The van der Waals surface area contributed by atoms with Gasteiger partial charge in [-0.05, 0) is 51.0 Å². The number of benzene rings is 2. The standard InChI is InChI=1S/C22H20O3/c1-5-15-16(6-2)22(25-21(15)23)17-9-7-13(3)11-19(17)24-20-12-14(4)8-10-18(20)22/h5-12H,1-4H3/b15-5+,16-6+. The summed E-state index contributed by atoms with van der Waals surface area (Å²) in [6.07, 6.45) is 3.79. The van der Waals surface area contributed by atoms with Gasteiger partial charge in [0.15, 0.2) is 5.60 Å². The minimum absolute atomic E-state index is 0.296. The lowest BCUT2D eigenvalue weighted by Gasteiger charge is -2.36. The molecule has 2 aromatic carbocycles. The van der Waals surface area contributed by atoms with E-state index < -0.39 is 5.60 Å². The third-order valence-electron chi connectivity index (χ3n) is 4.97. The lowest BCUT2D eigenvalue weighted by molar-refractivity contribution is -0.143. The molecule has 0 bridgehead atoms. The van der Waals surface area contributed by atoms with E-state index in [9.17, 15) is 4.79 Å². The van der Waals surface area contributed by atoms with Crippen molar-refractivity contribution in [3.05, 3.63) is 82.0 Å². The molecule has 1 saturated heterocycles. The number of carbonyl (C=O) groups is 1. The molecule has 0 atom stereocenters. The van der Waals surface area contributed by atoms with E-state index in [1.165, 1.54) is 0 Å². The number of hydrogen-bond acceptors (Lipinski definition) is 3. The van der Waals surface area contributed by atoms with E-state index in [0.29, 0.717) is 5.57 Å². The molecule has 126 valence electrons. The minimum atomic E-state index is -0.946. The molecule has 3 heteroatoms. The average Bonchev–Trinajstić information content (AvgIpc) is 2.86. The van der Waals surface area contributed by atoms with Crippen LogP contribution in [0.5, 0.6) is 11.5 Å². The second-order valence-electron chi connectivity index (χ2n) is 6.58. The summed E-state index contributed by atoms with van der Waals surface area (Å²) in [6, 6.07) is 12.1. The van der Waals surface area contributed by atoms with E-state index in [-0.39, 0.29) is 5.97 Å². The fourth-order valence-corrected chi connectivity index (χ4v) is 3.85. The maximum absolute atomic E-state index is 12.6.